The molecule has 0 bridgehead atoms. The van der Waals surface area contributed by atoms with Crippen molar-refractivity contribution in [3.63, 3.8) is 0 Å². The van der Waals surface area contributed by atoms with Crippen LogP contribution < -0.4 is 4.18 Å². The van der Waals surface area contributed by atoms with Gasteiger partial charge in [0.15, 0.2) is 0 Å². The second kappa shape index (κ2) is 6.20. The van der Waals surface area contributed by atoms with Gasteiger partial charge in [0.05, 0.1) is 6.26 Å². The van der Waals surface area contributed by atoms with Crippen LogP contribution >= 0.6 is 0 Å². The average molecular weight is 353 g/mol. The first kappa shape index (κ1) is 16.4. The van der Waals surface area contributed by atoms with E-state index in [4.69, 9.17) is 8.92 Å². The summed E-state index contributed by atoms with van der Waals surface area (Å²) in [6, 6.07) is 9.30. The van der Waals surface area contributed by atoms with Gasteiger partial charge < -0.3 is 8.92 Å². The molecule has 3 rings (SSSR count). The molecule has 1 atom stereocenters. The van der Waals surface area contributed by atoms with Crippen LogP contribution in [0.15, 0.2) is 47.5 Å². The number of ether oxygens (including phenoxy) is 1. The molecule has 5 nitrogen and oxygen atoms in total. The zero-order valence-corrected chi connectivity index (χ0v) is 13.4. The fraction of sp³-hybridized carbons (Fsp3) is 0.188. The molecule has 1 aliphatic rings. The van der Waals surface area contributed by atoms with Crippen LogP contribution in [0.2, 0.25) is 0 Å². The average Bonchev–Trinajstić information content (AvgIpc) is 2.96. The topological polar surface area (TPSA) is 65.0 Å². The van der Waals surface area contributed by atoms with Crippen LogP contribution in [0.1, 0.15) is 17.2 Å². The minimum atomic E-state index is -3.60. The summed E-state index contributed by atoms with van der Waals surface area (Å²) in [6.07, 6.45) is 0.950. The van der Waals surface area contributed by atoms with E-state index in [1.165, 1.54) is 18.2 Å². The molecule has 1 heterocycles. The quantitative estimate of drug-likeness (QED) is 0.793. The number of aliphatic imine (C=N–C) groups is 1. The molecule has 0 saturated heterocycles. The molecule has 126 valence electrons. The minimum absolute atomic E-state index is 0.0907. The Labute approximate surface area is 137 Å². The Hall–Kier alpha value is -2.48. The van der Waals surface area contributed by atoms with Gasteiger partial charge in [0.2, 0.25) is 5.90 Å². The van der Waals surface area contributed by atoms with E-state index in [0.29, 0.717) is 5.56 Å². The first-order chi connectivity index (χ1) is 11.3. The fourth-order valence-electron chi connectivity index (χ4n) is 2.30. The monoisotopic (exact) mass is 353 g/mol. The van der Waals surface area contributed by atoms with Gasteiger partial charge in [-0.15, -0.1) is 0 Å². The molecule has 1 aliphatic heterocycles. The summed E-state index contributed by atoms with van der Waals surface area (Å²) in [5.41, 5.74) is 0.416. The Balaban J connectivity index is 1.83. The fourth-order valence-corrected chi connectivity index (χ4v) is 2.76. The van der Waals surface area contributed by atoms with Crippen molar-refractivity contribution in [1.82, 2.24) is 0 Å². The lowest BCUT2D eigenvalue weighted by atomic mass is 10.1. The molecule has 2 aromatic rings. The summed E-state index contributed by atoms with van der Waals surface area (Å²) in [7, 11) is -3.60. The Morgan fingerprint density at radius 1 is 1.12 bits per heavy atom. The van der Waals surface area contributed by atoms with Crippen LogP contribution in [0.25, 0.3) is 0 Å². The summed E-state index contributed by atoms with van der Waals surface area (Å²) in [5.74, 6) is -1.41. The van der Waals surface area contributed by atoms with Gasteiger partial charge in [-0.25, -0.2) is 13.8 Å². The maximum atomic E-state index is 13.8. The van der Waals surface area contributed by atoms with Gasteiger partial charge in [-0.1, -0.05) is 18.2 Å². The molecule has 8 heteroatoms. The van der Waals surface area contributed by atoms with Crippen molar-refractivity contribution in [2.24, 2.45) is 4.99 Å². The molecule has 0 radical (unpaired) electrons. The lowest BCUT2D eigenvalue weighted by Gasteiger charge is -2.07. The van der Waals surface area contributed by atoms with E-state index in [2.05, 4.69) is 4.99 Å². The van der Waals surface area contributed by atoms with Crippen molar-refractivity contribution in [3.8, 4) is 5.75 Å². The number of hydrogen-bond acceptors (Lipinski definition) is 5. The number of rotatable bonds is 4. The zero-order valence-electron chi connectivity index (χ0n) is 12.6. The van der Waals surface area contributed by atoms with Gasteiger partial charge in [0.1, 0.15) is 35.6 Å². The highest BCUT2D eigenvalue weighted by Crippen LogP contribution is 2.28. The molecule has 1 unspecified atom stereocenters. The Bertz CT molecular complexity index is 875. The Morgan fingerprint density at radius 2 is 1.75 bits per heavy atom. The summed E-state index contributed by atoms with van der Waals surface area (Å²) >= 11 is 0. The standard InChI is InChI=1S/C16H13F2NO4S/c1-24(20,21)23-11-7-5-10(6-8-11)14-9-22-16(19-14)15-12(17)3-2-4-13(15)18/h2-8,14H,9H2,1H3. The lowest BCUT2D eigenvalue weighted by molar-refractivity contribution is 0.317. The van der Waals surface area contributed by atoms with E-state index in [9.17, 15) is 17.2 Å². The third-order valence-corrected chi connectivity index (χ3v) is 3.84. The molecular formula is C16H13F2NO4S. The minimum Gasteiger partial charge on any atom is -0.475 e. The largest absolute Gasteiger partial charge is 0.475 e. The van der Waals surface area contributed by atoms with Gasteiger partial charge in [0, 0.05) is 0 Å². The van der Waals surface area contributed by atoms with E-state index in [1.54, 1.807) is 12.1 Å². The molecular weight excluding hydrogens is 340 g/mol. The van der Waals surface area contributed by atoms with Crippen molar-refractivity contribution >= 4 is 16.0 Å². The first-order valence-corrected chi connectivity index (χ1v) is 8.79. The highest BCUT2D eigenvalue weighted by molar-refractivity contribution is 7.86. The van der Waals surface area contributed by atoms with Crippen LogP contribution in [0, 0.1) is 11.6 Å². The zero-order chi connectivity index (χ0) is 17.3. The summed E-state index contributed by atoms with van der Waals surface area (Å²) in [6.45, 7) is 0.134. The van der Waals surface area contributed by atoms with Crippen molar-refractivity contribution in [3.05, 3.63) is 65.2 Å². The smallest absolute Gasteiger partial charge is 0.306 e. The molecule has 0 saturated carbocycles. The van der Waals surface area contributed by atoms with Crippen LogP contribution in [-0.4, -0.2) is 27.2 Å². The van der Waals surface area contributed by atoms with E-state index in [0.717, 1.165) is 18.4 Å². The Kier molecular flexibility index (Phi) is 4.23. The molecule has 0 aromatic heterocycles. The molecule has 0 amide bonds. The molecule has 0 spiro atoms. The van der Waals surface area contributed by atoms with Crippen LogP contribution in [-0.2, 0) is 14.9 Å². The molecule has 0 fully saturated rings. The number of nitrogens with zero attached hydrogens (tertiary/aromatic N) is 1. The third kappa shape index (κ3) is 3.53. The summed E-state index contributed by atoms with van der Waals surface area (Å²) < 4.78 is 59.7. The van der Waals surface area contributed by atoms with Crippen molar-refractivity contribution in [2.45, 2.75) is 6.04 Å². The van der Waals surface area contributed by atoms with Crippen LogP contribution in [0.4, 0.5) is 8.78 Å². The normalized spacial score (nSPS) is 17.3. The highest BCUT2D eigenvalue weighted by atomic mass is 32.2. The molecule has 0 N–H and O–H groups in total. The summed E-state index contributed by atoms with van der Waals surface area (Å²) in [5, 5.41) is 0. The number of hydrogen-bond donors (Lipinski definition) is 0. The van der Waals surface area contributed by atoms with E-state index < -0.39 is 27.8 Å². The summed E-state index contributed by atoms with van der Waals surface area (Å²) in [4.78, 5) is 4.21. The van der Waals surface area contributed by atoms with Gasteiger partial charge in [-0.2, -0.15) is 8.42 Å². The predicted octanol–water partition coefficient (Wildman–Crippen LogP) is 2.82. The van der Waals surface area contributed by atoms with Crippen molar-refractivity contribution < 1.29 is 26.1 Å². The third-order valence-electron chi connectivity index (χ3n) is 3.34. The van der Waals surface area contributed by atoms with Gasteiger partial charge >= 0.3 is 10.1 Å². The number of benzene rings is 2. The van der Waals surface area contributed by atoms with Crippen molar-refractivity contribution in [1.29, 1.82) is 0 Å². The first-order valence-electron chi connectivity index (χ1n) is 6.98. The van der Waals surface area contributed by atoms with Crippen LogP contribution in [0.5, 0.6) is 5.75 Å². The lowest BCUT2D eigenvalue weighted by Crippen LogP contribution is -2.07. The second-order valence-electron chi connectivity index (χ2n) is 5.21. The van der Waals surface area contributed by atoms with Gasteiger partial charge in [-0.05, 0) is 29.8 Å². The molecule has 24 heavy (non-hydrogen) atoms. The SMILES string of the molecule is CS(=O)(=O)Oc1ccc(C2COC(c3c(F)cccc3F)=N2)cc1. The van der Waals surface area contributed by atoms with E-state index in [1.807, 2.05) is 0 Å². The highest BCUT2D eigenvalue weighted by Gasteiger charge is 2.26. The van der Waals surface area contributed by atoms with Gasteiger partial charge in [-0.3, -0.25) is 0 Å². The van der Waals surface area contributed by atoms with Crippen LogP contribution in [0.3, 0.4) is 0 Å². The molecule has 0 aliphatic carbocycles. The molecule has 2 aromatic carbocycles. The van der Waals surface area contributed by atoms with Gasteiger partial charge in [0.25, 0.3) is 0 Å². The van der Waals surface area contributed by atoms with E-state index >= 15 is 0 Å². The maximum absolute atomic E-state index is 13.8. The maximum Gasteiger partial charge on any atom is 0.306 e. The number of halogens is 2. The Morgan fingerprint density at radius 3 is 2.33 bits per heavy atom. The van der Waals surface area contributed by atoms with Crippen molar-refractivity contribution in [2.75, 3.05) is 12.9 Å². The predicted molar refractivity (Wildman–Crippen MR) is 83.5 cm³/mol. The van der Waals surface area contributed by atoms with E-state index in [-0.39, 0.29) is 23.8 Å². The second-order valence-corrected chi connectivity index (χ2v) is 6.79.